The van der Waals surface area contributed by atoms with Gasteiger partial charge in [-0.3, -0.25) is 4.84 Å². The molecule has 0 radical (unpaired) electrons. The molecule has 0 saturated heterocycles. The van der Waals surface area contributed by atoms with Crippen LogP contribution in [0, 0.1) is 0 Å². The van der Waals surface area contributed by atoms with E-state index in [1.807, 2.05) is 30.3 Å². The van der Waals surface area contributed by atoms with E-state index in [0.717, 1.165) is 24.2 Å². The number of hydrogen-bond acceptors (Lipinski definition) is 5. The second-order valence-electron chi connectivity index (χ2n) is 4.88. The summed E-state index contributed by atoms with van der Waals surface area (Å²) in [6.07, 6.45) is 2.22. The van der Waals surface area contributed by atoms with Crippen LogP contribution in [-0.4, -0.2) is 16.2 Å². The van der Waals surface area contributed by atoms with Crippen LogP contribution >= 0.6 is 0 Å². The number of carbonyl (C=O) groups is 1. The van der Waals surface area contributed by atoms with Crippen molar-refractivity contribution in [3.05, 3.63) is 47.6 Å². The van der Waals surface area contributed by atoms with E-state index in [4.69, 9.17) is 9.36 Å². The van der Waals surface area contributed by atoms with Crippen molar-refractivity contribution in [2.45, 2.75) is 31.9 Å². The first-order valence-corrected chi connectivity index (χ1v) is 6.83. The molecule has 1 saturated carbocycles. The topological polar surface area (TPSA) is 89.3 Å². The van der Waals surface area contributed by atoms with Crippen LogP contribution in [0.4, 0.5) is 4.79 Å². The predicted octanol–water partition coefficient (Wildman–Crippen LogP) is 1.88. The molecule has 1 aromatic carbocycles. The third-order valence-corrected chi connectivity index (χ3v) is 3.07. The maximum Gasteiger partial charge on any atom is 0.339 e. The first kappa shape index (κ1) is 13.6. The Labute approximate surface area is 121 Å². The summed E-state index contributed by atoms with van der Waals surface area (Å²) < 4.78 is 5.05. The Bertz CT molecular complexity index is 595. The highest BCUT2D eigenvalue weighted by atomic mass is 16.7. The molecule has 2 aromatic rings. The number of rotatable bonds is 6. The summed E-state index contributed by atoms with van der Waals surface area (Å²) in [5.41, 5.74) is 3.28. The van der Waals surface area contributed by atoms with Gasteiger partial charge in [0.1, 0.15) is 0 Å². The van der Waals surface area contributed by atoms with Crippen molar-refractivity contribution >= 4 is 6.03 Å². The number of benzene rings is 1. The van der Waals surface area contributed by atoms with Crippen LogP contribution in [0.25, 0.3) is 0 Å². The van der Waals surface area contributed by atoms with Crippen molar-refractivity contribution < 1.29 is 14.2 Å². The number of aromatic nitrogens is 2. The number of hydroxylamine groups is 1. The SMILES string of the molecule is O=C(NCc1nc(C2CC2)no1)NOCc1ccccc1. The van der Waals surface area contributed by atoms with Crippen LogP contribution in [0.1, 0.15) is 36.0 Å². The van der Waals surface area contributed by atoms with Gasteiger partial charge in [0.05, 0.1) is 13.2 Å². The monoisotopic (exact) mass is 288 g/mol. The second kappa shape index (κ2) is 6.36. The van der Waals surface area contributed by atoms with Gasteiger partial charge in [0.25, 0.3) is 0 Å². The van der Waals surface area contributed by atoms with Crippen LogP contribution in [0.3, 0.4) is 0 Å². The Morgan fingerprint density at radius 1 is 1.33 bits per heavy atom. The predicted molar refractivity (Wildman–Crippen MR) is 72.9 cm³/mol. The molecule has 0 bridgehead atoms. The van der Waals surface area contributed by atoms with Crippen LogP contribution in [0.2, 0.25) is 0 Å². The summed E-state index contributed by atoms with van der Waals surface area (Å²) in [4.78, 5) is 20.8. The number of urea groups is 1. The van der Waals surface area contributed by atoms with Gasteiger partial charge in [-0.1, -0.05) is 35.5 Å². The number of nitrogens with one attached hydrogen (secondary N) is 2. The molecule has 0 spiro atoms. The van der Waals surface area contributed by atoms with Crippen LogP contribution < -0.4 is 10.8 Å². The van der Waals surface area contributed by atoms with Gasteiger partial charge in [0, 0.05) is 5.92 Å². The minimum Gasteiger partial charge on any atom is -0.337 e. The molecule has 2 amide bonds. The normalized spacial score (nSPS) is 13.9. The maximum absolute atomic E-state index is 11.5. The molecule has 3 rings (SSSR count). The molecule has 0 unspecified atom stereocenters. The second-order valence-corrected chi connectivity index (χ2v) is 4.88. The van der Waals surface area contributed by atoms with Gasteiger partial charge in [-0.2, -0.15) is 4.98 Å². The highest BCUT2D eigenvalue weighted by Gasteiger charge is 2.28. The average Bonchev–Trinajstić information content (AvgIpc) is 3.25. The first-order chi connectivity index (χ1) is 10.3. The fourth-order valence-electron chi connectivity index (χ4n) is 1.80. The first-order valence-electron chi connectivity index (χ1n) is 6.83. The van der Waals surface area contributed by atoms with Crippen molar-refractivity contribution in [2.24, 2.45) is 0 Å². The highest BCUT2D eigenvalue weighted by Crippen LogP contribution is 2.37. The van der Waals surface area contributed by atoms with Gasteiger partial charge in [-0.25, -0.2) is 10.3 Å². The lowest BCUT2D eigenvalue weighted by Gasteiger charge is -2.06. The Kier molecular flexibility index (Phi) is 4.11. The minimum absolute atomic E-state index is 0.181. The fraction of sp³-hybridized carbons (Fsp3) is 0.357. The Morgan fingerprint density at radius 3 is 2.90 bits per heavy atom. The lowest BCUT2D eigenvalue weighted by molar-refractivity contribution is 0.0487. The summed E-state index contributed by atoms with van der Waals surface area (Å²) in [5, 5.41) is 6.46. The van der Waals surface area contributed by atoms with Crippen molar-refractivity contribution in [3.63, 3.8) is 0 Å². The molecule has 1 fully saturated rings. The molecule has 21 heavy (non-hydrogen) atoms. The third kappa shape index (κ3) is 4.03. The van der Waals surface area contributed by atoms with Crippen molar-refractivity contribution in [2.75, 3.05) is 0 Å². The fourth-order valence-corrected chi connectivity index (χ4v) is 1.80. The molecule has 1 aromatic heterocycles. The van der Waals surface area contributed by atoms with Crippen LogP contribution in [0.5, 0.6) is 0 Å². The largest absolute Gasteiger partial charge is 0.339 e. The van der Waals surface area contributed by atoms with E-state index in [1.54, 1.807) is 0 Å². The quantitative estimate of drug-likeness (QED) is 0.792. The molecule has 1 aliphatic rings. The number of carbonyl (C=O) groups excluding carboxylic acids is 1. The zero-order valence-electron chi connectivity index (χ0n) is 11.4. The van der Waals surface area contributed by atoms with E-state index in [0.29, 0.717) is 18.4 Å². The van der Waals surface area contributed by atoms with E-state index < -0.39 is 6.03 Å². The summed E-state index contributed by atoms with van der Waals surface area (Å²) in [7, 11) is 0. The van der Waals surface area contributed by atoms with E-state index in [2.05, 4.69) is 20.9 Å². The molecule has 1 aliphatic carbocycles. The highest BCUT2D eigenvalue weighted by molar-refractivity contribution is 5.72. The smallest absolute Gasteiger partial charge is 0.337 e. The third-order valence-electron chi connectivity index (χ3n) is 3.07. The molecular weight excluding hydrogens is 272 g/mol. The molecule has 7 nitrogen and oxygen atoms in total. The zero-order chi connectivity index (χ0) is 14.5. The van der Waals surface area contributed by atoms with Crippen molar-refractivity contribution in [1.29, 1.82) is 0 Å². The van der Waals surface area contributed by atoms with E-state index in [-0.39, 0.29) is 6.54 Å². The van der Waals surface area contributed by atoms with Gasteiger partial charge < -0.3 is 9.84 Å². The summed E-state index contributed by atoms with van der Waals surface area (Å²) in [6, 6.07) is 9.12. The molecule has 1 heterocycles. The maximum atomic E-state index is 11.5. The summed E-state index contributed by atoms with van der Waals surface area (Å²) in [6.45, 7) is 0.487. The number of nitrogens with zero attached hydrogens (tertiary/aromatic N) is 2. The van der Waals surface area contributed by atoms with Crippen molar-refractivity contribution in [1.82, 2.24) is 20.9 Å². The van der Waals surface area contributed by atoms with Crippen LogP contribution in [0.15, 0.2) is 34.9 Å². The van der Waals surface area contributed by atoms with Gasteiger partial charge in [0.15, 0.2) is 5.82 Å². The molecular formula is C14H16N4O3. The van der Waals surface area contributed by atoms with E-state index in [9.17, 15) is 4.79 Å². The Morgan fingerprint density at radius 2 is 2.14 bits per heavy atom. The van der Waals surface area contributed by atoms with Crippen LogP contribution in [-0.2, 0) is 18.0 Å². The molecule has 2 N–H and O–H groups in total. The van der Waals surface area contributed by atoms with Gasteiger partial charge in [-0.15, -0.1) is 0 Å². The van der Waals surface area contributed by atoms with Gasteiger partial charge in [0.2, 0.25) is 5.89 Å². The zero-order valence-corrected chi connectivity index (χ0v) is 11.4. The van der Waals surface area contributed by atoms with Gasteiger partial charge >= 0.3 is 6.03 Å². The summed E-state index contributed by atoms with van der Waals surface area (Å²) in [5.74, 6) is 1.56. The lowest BCUT2D eigenvalue weighted by atomic mass is 10.2. The lowest BCUT2D eigenvalue weighted by Crippen LogP contribution is -2.35. The Balaban J connectivity index is 1.35. The molecule has 7 heteroatoms. The summed E-state index contributed by atoms with van der Waals surface area (Å²) >= 11 is 0. The van der Waals surface area contributed by atoms with Gasteiger partial charge in [-0.05, 0) is 18.4 Å². The minimum atomic E-state index is -0.447. The standard InChI is InChI=1S/C14H16N4O3/c19-14(18-20-9-10-4-2-1-3-5-10)15-8-12-16-13(17-21-12)11-6-7-11/h1-5,11H,6-9H2,(H2,15,18,19). The Hall–Kier alpha value is -2.41. The molecule has 0 aliphatic heterocycles. The molecule has 110 valence electrons. The number of amides is 2. The van der Waals surface area contributed by atoms with E-state index >= 15 is 0 Å². The molecule has 0 atom stereocenters. The van der Waals surface area contributed by atoms with E-state index in [1.165, 1.54) is 0 Å². The van der Waals surface area contributed by atoms with Crippen molar-refractivity contribution in [3.8, 4) is 0 Å². The number of hydrogen-bond donors (Lipinski definition) is 2. The average molecular weight is 288 g/mol.